The first-order chi connectivity index (χ1) is 12.5. The minimum atomic E-state index is -3.53. The van der Waals surface area contributed by atoms with Crippen LogP contribution in [0.4, 0.5) is 0 Å². The number of rotatable bonds is 7. The Labute approximate surface area is 155 Å². The van der Waals surface area contributed by atoms with E-state index in [2.05, 4.69) is 4.72 Å². The van der Waals surface area contributed by atoms with E-state index in [4.69, 9.17) is 9.47 Å². The van der Waals surface area contributed by atoms with Gasteiger partial charge in [0.25, 0.3) is 0 Å². The highest BCUT2D eigenvalue weighted by molar-refractivity contribution is 7.89. The Morgan fingerprint density at radius 1 is 0.962 bits per heavy atom. The van der Waals surface area contributed by atoms with Crippen LogP contribution in [0.1, 0.15) is 31.2 Å². The van der Waals surface area contributed by atoms with Gasteiger partial charge in [0.15, 0.2) is 11.5 Å². The predicted octanol–water partition coefficient (Wildman–Crippen LogP) is 3.49. The van der Waals surface area contributed by atoms with Gasteiger partial charge in [-0.05, 0) is 42.7 Å². The molecular formula is C20H25NO4S. The summed E-state index contributed by atoms with van der Waals surface area (Å²) < 4.78 is 38.8. The molecule has 0 atom stereocenters. The van der Waals surface area contributed by atoms with E-state index in [1.165, 1.54) is 0 Å². The first-order valence-electron chi connectivity index (χ1n) is 8.78. The fourth-order valence-electron chi connectivity index (χ4n) is 3.70. The summed E-state index contributed by atoms with van der Waals surface area (Å²) in [5.74, 6) is 1.34. The van der Waals surface area contributed by atoms with Gasteiger partial charge in [0, 0.05) is 12.0 Å². The minimum absolute atomic E-state index is 0.221. The summed E-state index contributed by atoms with van der Waals surface area (Å²) in [5.41, 5.74) is 0.866. The molecule has 1 aliphatic rings. The Hall–Kier alpha value is -2.05. The zero-order valence-corrected chi connectivity index (χ0v) is 16.0. The maximum absolute atomic E-state index is 12.6. The molecule has 140 valence electrons. The lowest BCUT2D eigenvalue weighted by atomic mass is 9.79. The van der Waals surface area contributed by atoms with E-state index in [0.717, 1.165) is 31.2 Å². The van der Waals surface area contributed by atoms with Crippen LogP contribution in [0.25, 0.3) is 0 Å². The Morgan fingerprint density at radius 2 is 1.62 bits per heavy atom. The van der Waals surface area contributed by atoms with Crippen LogP contribution in [0.2, 0.25) is 0 Å². The van der Waals surface area contributed by atoms with Crippen LogP contribution in [0, 0.1) is 0 Å². The second kappa shape index (κ2) is 7.68. The molecule has 1 saturated carbocycles. The van der Waals surface area contributed by atoms with Gasteiger partial charge >= 0.3 is 0 Å². The third-order valence-electron chi connectivity index (χ3n) is 5.21. The molecule has 5 nitrogen and oxygen atoms in total. The lowest BCUT2D eigenvalue weighted by Gasteiger charge is -2.30. The fourth-order valence-corrected chi connectivity index (χ4v) is 4.85. The van der Waals surface area contributed by atoms with E-state index in [1.54, 1.807) is 44.6 Å². The van der Waals surface area contributed by atoms with Crippen molar-refractivity contribution in [3.8, 4) is 11.5 Å². The predicted molar refractivity (Wildman–Crippen MR) is 101 cm³/mol. The number of methoxy groups -OCH3 is 2. The Kier molecular flexibility index (Phi) is 5.53. The molecule has 0 saturated heterocycles. The fraction of sp³-hybridized carbons (Fsp3) is 0.400. The molecule has 0 aromatic heterocycles. The van der Waals surface area contributed by atoms with Crippen molar-refractivity contribution >= 4 is 10.0 Å². The Morgan fingerprint density at radius 3 is 2.23 bits per heavy atom. The van der Waals surface area contributed by atoms with Gasteiger partial charge in [-0.1, -0.05) is 37.1 Å². The largest absolute Gasteiger partial charge is 0.493 e. The van der Waals surface area contributed by atoms with Crippen molar-refractivity contribution in [2.45, 2.75) is 36.0 Å². The molecule has 1 aliphatic carbocycles. The second-order valence-electron chi connectivity index (χ2n) is 6.69. The molecule has 0 aliphatic heterocycles. The number of nitrogens with one attached hydrogen (secondary N) is 1. The van der Waals surface area contributed by atoms with Crippen molar-refractivity contribution in [3.63, 3.8) is 0 Å². The molecule has 0 unspecified atom stereocenters. The zero-order valence-electron chi connectivity index (χ0n) is 15.2. The third-order valence-corrected chi connectivity index (χ3v) is 6.63. The monoisotopic (exact) mass is 375 g/mol. The summed E-state index contributed by atoms with van der Waals surface area (Å²) in [6.45, 7) is 0.375. The SMILES string of the molecule is COc1ccc(C2(CNS(=O)(=O)c3ccccc3)CCCC2)cc1OC. The molecule has 0 amide bonds. The topological polar surface area (TPSA) is 64.6 Å². The van der Waals surface area contributed by atoms with Crippen LogP contribution in [0.5, 0.6) is 11.5 Å². The van der Waals surface area contributed by atoms with Crippen molar-refractivity contribution in [1.29, 1.82) is 0 Å². The summed E-state index contributed by atoms with van der Waals surface area (Å²) in [6.07, 6.45) is 4.06. The van der Waals surface area contributed by atoms with Gasteiger partial charge in [-0.15, -0.1) is 0 Å². The van der Waals surface area contributed by atoms with Crippen LogP contribution in [-0.4, -0.2) is 29.2 Å². The lowest BCUT2D eigenvalue weighted by molar-refractivity contribution is 0.351. The van der Waals surface area contributed by atoms with Crippen LogP contribution < -0.4 is 14.2 Å². The molecule has 26 heavy (non-hydrogen) atoms. The van der Waals surface area contributed by atoms with Crippen LogP contribution in [-0.2, 0) is 15.4 Å². The standard InChI is InChI=1S/C20H25NO4S/c1-24-18-11-10-16(14-19(18)25-2)20(12-6-7-13-20)15-21-26(22,23)17-8-4-3-5-9-17/h3-5,8-11,14,21H,6-7,12-13,15H2,1-2H3. The molecule has 3 rings (SSSR count). The van der Waals surface area contributed by atoms with E-state index >= 15 is 0 Å². The van der Waals surface area contributed by atoms with Crippen molar-refractivity contribution in [1.82, 2.24) is 4.72 Å². The molecule has 2 aromatic carbocycles. The van der Waals surface area contributed by atoms with Gasteiger partial charge in [0.1, 0.15) is 0 Å². The quantitative estimate of drug-likeness (QED) is 0.804. The maximum Gasteiger partial charge on any atom is 0.240 e. The van der Waals surface area contributed by atoms with Gasteiger partial charge in [-0.2, -0.15) is 0 Å². The summed E-state index contributed by atoms with van der Waals surface area (Å²) in [5, 5.41) is 0. The molecule has 2 aromatic rings. The highest BCUT2D eigenvalue weighted by Gasteiger charge is 2.37. The van der Waals surface area contributed by atoms with Crippen LogP contribution in [0.15, 0.2) is 53.4 Å². The molecule has 6 heteroatoms. The summed E-state index contributed by atoms with van der Waals surface area (Å²) >= 11 is 0. The second-order valence-corrected chi connectivity index (χ2v) is 8.46. The lowest BCUT2D eigenvalue weighted by Crippen LogP contribution is -2.39. The van der Waals surface area contributed by atoms with Crippen LogP contribution >= 0.6 is 0 Å². The number of ether oxygens (including phenoxy) is 2. The van der Waals surface area contributed by atoms with E-state index in [0.29, 0.717) is 22.9 Å². The van der Waals surface area contributed by atoms with Gasteiger partial charge in [0.2, 0.25) is 10.0 Å². The maximum atomic E-state index is 12.6. The Balaban J connectivity index is 1.87. The average Bonchev–Trinajstić information content (AvgIpc) is 3.17. The molecule has 0 bridgehead atoms. The molecule has 0 radical (unpaired) electrons. The van der Waals surface area contributed by atoms with E-state index in [-0.39, 0.29) is 5.41 Å². The van der Waals surface area contributed by atoms with Crippen molar-refractivity contribution < 1.29 is 17.9 Å². The van der Waals surface area contributed by atoms with Gasteiger partial charge in [0.05, 0.1) is 19.1 Å². The molecule has 0 spiro atoms. The molecule has 0 heterocycles. The first-order valence-corrected chi connectivity index (χ1v) is 10.3. The number of hydrogen-bond acceptors (Lipinski definition) is 4. The first kappa shape index (κ1) is 18.7. The Bertz CT molecular complexity index is 843. The van der Waals surface area contributed by atoms with Crippen molar-refractivity contribution in [3.05, 3.63) is 54.1 Å². The smallest absolute Gasteiger partial charge is 0.240 e. The number of benzene rings is 2. The summed E-state index contributed by atoms with van der Waals surface area (Å²) in [7, 11) is -0.308. The van der Waals surface area contributed by atoms with Crippen molar-refractivity contribution in [2.75, 3.05) is 20.8 Å². The molecule has 1 N–H and O–H groups in total. The van der Waals surface area contributed by atoms with E-state index < -0.39 is 10.0 Å². The van der Waals surface area contributed by atoms with Crippen molar-refractivity contribution in [2.24, 2.45) is 0 Å². The minimum Gasteiger partial charge on any atom is -0.493 e. The van der Waals surface area contributed by atoms with E-state index in [1.807, 2.05) is 18.2 Å². The summed E-state index contributed by atoms with van der Waals surface area (Å²) in [4.78, 5) is 0.292. The van der Waals surface area contributed by atoms with Crippen LogP contribution in [0.3, 0.4) is 0 Å². The number of hydrogen-bond donors (Lipinski definition) is 1. The summed E-state index contributed by atoms with van der Waals surface area (Å²) in [6, 6.07) is 14.4. The highest BCUT2D eigenvalue weighted by atomic mass is 32.2. The van der Waals surface area contributed by atoms with Gasteiger partial charge < -0.3 is 9.47 Å². The molecule has 1 fully saturated rings. The van der Waals surface area contributed by atoms with Gasteiger partial charge in [-0.3, -0.25) is 0 Å². The highest BCUT2D eigenvalue weighted by Crippen LogP contribution is 2.43. The van der Waals surface area contributed by atoms with Gasteiger partial charge in [-0.25, -0.2) is 13.1 Å². The number of sulfonamides is 1. The third kappa shape index (κ3) is 3.71. The zero-order chi connectivity index (χ0) is 18.6. The van der Waals surface area contributed by atoms with E-state index in [9.17, 15) is 8.42 Å². The average molecular weight is 375 g/mol. The molecular weight excluding hydrogens is 350 g/mol. The normalized spacial score (nSPS) is 16.4.